The van der Waals surface area contributed by atoms with Crippen LogP contribution in [-0.4, -0.2) is 4.98 Å². The van der Waals surface area contributed by atoms with E-state index in [9.17, 15) is 4.91 Å². The van der Waals surface area contributed by atoms with Gasteiger partial charge < -0.3 is 5.32 Å². The van der Waals surface area contributed by atoms with Crippen LogP contribution in [0.3, 0.4) is 0 Å². The molecule has 2 aliphatic carbocycles. The van der Waals surface area contributed by atoms with Crippen LogP contribution in [0.4, 0.5) is 5.82 Å². The number of anilines is 1. The number of fused-ring (bicyclic) bond motifs is 2. The van der Waals surface area contributed by atoms with Gasteiger partial charge in [0.15, 0.2) is 0 Å². The summed E-state index contributed by atoms with van der Waals surface area (Å²) < 4.78 is 0. The molecule has 4 heteroatoms. The van der Waals surface area contributed by atoms with Gasteiger partial charge in [0.05, 0.1) is 11.6 Å². The second-order valence-electron chi connectivity index (χ2n) is 7.43. The molecule has 1 saturated carbocycles. The van der Waals surface area contributed by atoms with E-state index in [-0.39, 0.29) is 6.04 Å². The van der Waals surface area contributed by atoms with Crippen LogP contribution in [0.2, 0.25) is 0 Å². The zero-order valence-corrected chi connectivity index (χ0v) is 14.6. The Bertz CT molecular complexity index is 980. The number of pyridine rings is 1. The Morgan fingerprint density at radius 1 is 1.00 bits per heavy atom. The molecule has 0 saturated heterocycles. The maximum atomic E-state index is 11.4. The molecule has 2 atom stereocenters. The first-order valence-electron chi connectivity index (χ1n) is 9.40. The lowest BCUT2D eigenvalue weighted by molar-refractivity contribution is 0.635. The van der Waals surface area contributed by atoms with Gasteiger partial charge in [-0.25, -0.2) is 4.98 Å². The molecular formula is C22H21N3O. The van der Waals surface area contributed by atoms with Crippen molar-refractivity contribution in [2.24, 2.45) is 11.1 Å². The smallest absolute Gasteiger partial charge is 0.127 e. The molecule has 2 aromatic carbocycles. The van der Waals surface area contributed by atoms with E-state index in [2.05, 4.69) is 40.8 Å². The van der Waals surface area contributed by atoms with Gasteiger partial charge in [-0.1, -0.05) is 41.6 Å². The summed E-state index contributed by atoms with van der Waals surface area (Å²) >= 11 is 0. The van der Waals surface area contributed by atoms with Crippen LogP contribution in [0.15, 0.2) is 59.8 Å². The van der Waals surface area contributed by atoms with Crippen molar-refractivity contribution in [2.75, 3.05) is 5.32 Å². The highest BCUT2D eigenvalue weighted by molar-refractivity contribution is 5.84. The topological polar surface area (TPSA) is 54.4 Å². The Labute approximate surface area is 152 Å². The first-order chi connectivity index (χ1) is 12.8. The quantitative estimate of drug-likeness (QED) is 0.618. The van der Waals surface area contributed by atoms with E-state index < -0.39 is 0 Å². The number of nitrogens with zero attached hydrogens (tertiary/aromatic N) is 2. The largest absolute Gasteiger partial charge is 0.363 e. The normalized spacial score (nSPS) is 19.9. The van der Waals surface area contributed by atoms with Gasteiger partial charge in [0.1, 0.15) is 11.9 Å². The minimum atomic E-state index is -0.235. The van der Waals surface area contributed by atoms with Crippen LogP contribution in [0.5, 0.6) is 0 Å². The summed E-state index contributed by atoms with van der Waals surface area (Å²) in [5, 5.41) is 8.04. The monoisotopic (exact) mass is 343 g/mol. The third kappa shape index (κ3) is 2.66. The number of nitrogens with one attached hydrogen (secondary N) is 1. The molecular weight excluding hydrogens is 322 g/mol. The zero-order chi connectivity index (χ0) is 17.5. The van der Waals surface area contributed by atoms with Crippen molar-refractivity contribution in [1.82, 2.24) is 4.98 Å². The van der Waals surface area contributed by atoms with Crippen LogP contribution < -0.4 is 5.32 Å². The van der Waals surface area contributed by atoms with Gasteiger partial charge in [0, 0.05) is 5.39 Å². The lowest BCUT2D eigenvalue weighted by atomic mass is 9.98. The Morgan fingerprint density at radius 2 is 1.88 bits per heavy atom. The Balaban J connectivity index is 1.47. The SMILES string of the molecule is O=NC(c1cccc2nc(NC3CCc4ccccc43)ccc12)C1CC1. The number of benzene rings is 2. The fraction of sp³-hybridized carbons (Fsp3) is 0.318. The molecule has 130 valence electrons. The van der Waals surface area contributed by atoms with Crippen molar-refractivity contribution >= 4 is 16.7 Å². The lowest BCUT2D eigenvalue weighted by Crippen LogP contribution is -2.08. The minimum absolute atomic E-state index is 0.235. The Kier molecular flexibility index (Phi) is 3.70. The molecule has 5 rings (SSSR count). The van der Waals surface area contributed by atoms with Crippen molar-refractivity contribution in [3.05, 3.63) is 76.2 Å². The molecule has 2 unspecified atom stereocenters. The van der Waals surface area contributed by atoms with Gasteiger partial charge in [0.2, 0.25) is 0 Å². The van der Waals surface area contributed by atoms with Crippen LogP contribution in [0, 0.1) is 10.8 Å². The summed E-state index contributed by atoms with van der Waals surface area (Å²) in [5.41, 5.74) is 4.75. The molecule has 4 nitrogen and oxygen atoms in total. The fourth-order valence-corrected chi connectivity index (χ4v) is 4.21. The Hall–Kier alpha value is -2.75. The maximum absolute atomic E-state index is 11.4. The second kappa shape index (κ2) is 6.20. The molecule has 1 heterocycles. The molecule has 0 bridgehead atoms. The third-order valence-corrected chi connectivity index (χ3v) is 5.72. The van der Waals surface area contributed by atoms with E-state index in [0.29, 0.717) is 12.0 Å². The standard InChI is InChI=1S/C22H21N3O/c26-25-22(15-8-9-15)18-6-3-7-19-17(18)11-13-21(23-19)24-20-12-10-14-4-1-2-5-16(14)20/h1-7,11,13,15,20,22H,8-10,12H2,(H,23,24). The Morgan fingerprint density at radius 3 is 2.73 bits per heavy atom. The number of nitroso groups, excluding NO2 is 1. The maximum Gasteiger partial charge on any atom is 0.127 e. The first kappa shape index (κ1) is 15.5. The molecule has 1 N–H and O–H groups in total. The third-order valence-electron chi connectivity index (χ3n) is 5.72. The average molecular weight is 343 g/mol. The molecule has 26 heavy (non-hydrogen) atoms. The zero-order valence-electron chi connectivity index (χ0n) is 14.6. The highest BCUT2D eigenvalue weighted by atomic mass is 16.3. The van der Waals surface area contributed by atoms with E-state index >= 15 is 0 Å². The van der Waals surface area contributed by atoms with Gasteiger partial charge in [-0.15, -0.1) is 0 Å². The van der Waals surface area contributed by atoms with Crippen molar-refractivity contribution in [2.45, 2.75) is 37.8 Å². The van der Waals surface area contributed by atoms with Gasteiger partial charge >= 0.3 is 0 Å². The highest BCUT2D eigenvalue weighted by Crippen LogP contribution is 2.45. The number of hydrogen-bond acceptors (Lipinski definition) is 4. The summed E-state index contributed by atoms with van der Waals surface area (Å²) in [6, 6.07) is 18.8. The van der Waals surface area contributed by atoms with Crippen molar-refractivity contribution in [3.8, 4) is 0 Å². The van der Waals surface area contributed by atoms with E-state index in [4.69, 9.17) is 4.98 Å². The fourth-order valence-electron chi connectivity index (χ4n) is 4.21. The summed E-state index contributed by atoms with van der Waals surface area (Å²) in [4.78, 5) is 16.2. The van der Waals surface area contributed by atoms with Gasteiger partial charge in [-0.3, -0.25) is 0 Å². The van der Waals surface area contributed by atoms with Gasteiger partial charge in [-0.05, 0) is 66.5 Å². The summed E-state index contributed by atoms with van der Waals surface area (Å²) in [6.45, 7) is 0. The highest BCUT2D eigenvalue weighted by Gasteiger charge is 2.34. The summed E-state index contributed by atoms with van der Waals surface area (Å²) in [6.07, 6.45) is 4.40. The second-order valence-corrected chi connectivity index (χ2v) is 7.43. The minimum Gasteiger partial charge on any atom is -0.363 e. The molecule has 3 aromatic rings. The summed E-state index contributed by atoms with van der Waals surface area (Å²) in [7, 11) is 0. The van der Waals surface area contributed by atoms with Crippen molar-refractivity contribution in [3.63, 3.8) is 0 Å². The first-order valence-corrected chi connectivity index (χ1v) is 9.40. The van der Waals surface area contributed by atoms with E-state index in [1.807, 2.05) is 24.3 Å². The van der Waals surface area contributed by atoms with E-state index in [1.165, 1.54) is 11.1 Å². The van der Waals surface area contributed by atoms with Crippen LogP contribution >= 0.6 is 0 Å². The summed E-state index contributed by atoms with van der Waals surface area (Å²) in [5.74, 6) is 1.30. The van der Waals surface area contributed by atoms with Gasteiger partial charge in [-0.2, -0.15) is 4.91 Å². The predicted octanol–water partition coefficient (Wildman–Crippen LogP) is 5.55. The van der Waals surface area contributed by atoms with Gasteiger partial charge in [0.25, 0.3) is 0 Å². The van der Waals surface area contributed by atoms with Crippen LogP contribution in [0.25, 0.3) is 10.9 Å². The number of hydrogen-bond donors (Lipinski definition) is 1. The van der Waals surface area contributed by atoms with E-state index in [0.717, 1.165) is 48.0 Å². The molecule has 0 spiro atoms. The van der Waals surface area contributed by atoms with Crippen LogP contribution in [0.1, 0.15) is 48.0 Å². The van der Waals surface area contributed by atoms with Crippen LogP contribution in [-0.2, 0) is 6.42 Å². The number of aryl methyl sites for hydroxylation is 1. The molecule has 0 aliphatic heterocycles. The number of rotatable bonds is 5. The molecule has 1 fully saturated rings. The predicted molar refractivity (Wildman–Crippen MR) is 104 cm³/mol. The number of aromatic nitrogens is 1. The molecule has 0 radical (unpaired) electrons. The van der Waals surface area contributed by atoms with Crippen molar-refractivity contribution in [1.29, 1.82) is 0 Å². The molecule has 2 aliphatic rings. The lowest BCUT2D eigenvalue weighted by Gasteiger charge is -2.16. The molecule has 1 aromatic heterocycles. The van der Waals surface area contributed by atoms with E-state index in [1.54, 1.807) is 0 Å². The van der Waals surface area contributed by atoms with Crippen molar-refractivity contribution < 1.29 is 0 Å². The average Bonchev–Trinajstić information content (AvgIpc) is 3.44. The molecule has 0 amide bonds.